The molecular formula is C16H22ClNO2S. The number of ether oxygens (including phenoxy) is 2. The van der Waals surface area contributed by atoms with Gasteiger partial charge in [-0.05, 0) is 43.0 Å². The molecule has 2 N–H and O–H groups in total. The van der Waals surface area contributed by atoms with Crippen molar-refractivity contribution in [3.05, 3.63) is 29.3 Å². The third kappa shape index (κ3) is 3.93. The number of benzene rings is 1. The summed E-state index contributed by atoms with van der Waals surface area (Å²) >= 11 is 7.71. The second-order valence-electron chi connectivity index (χ2n) is 6.02. The summed E-state index contributed by atoms with van der Waals surface area (Å²) in [5.74, 6) is 1.46. The van der Waals surface area contributed by atoms with Gasteiger partial charge in [0.25, 0.3) is 0 Å². The first-order valence-electron chi connectivity index (χ1n) is 7.53. The number of nitrogens with two attached hydrogens (primary N) is 1. The van der Waals surface area contributed by atoms with Crippen LogP contribution < -0.4 is 5.73 Å². The average Bonchev–Trinajstić information content (AvgIpc) is 2.94. The van der Waals surface area contributed by atoms with Gasteiger partial charge in [0.05, 0.1) is 12.2 Å². The summed E-state index contributed by atoms with van der Waals surface area (Å²) in [6.07, 6.45) is 3.11. The van der Waals surface area contributed by atoms with Crippen LogP contribution in [0.4, 0.5) is 0 Å². The van der Waals surface area contributed by atoms with Gasteiger partial charge in [0.1, 0.15) is 0 Å². The van der Waals surface area contributed by atoms with Gasteiger partial charge in [-0.3, -0.25) is 0 Å². The van der Waals surface area contributed by atoms with E-state index in [2.05, 4.69) is 12.1 Å². The summed E-state index contributed by atoms with van der Waals surface area (Å²) in [6.45, 7) is 2.37. The molecule has 116 valence electrons. The molecule has 3 unspecified atom stereocenters. The van der Waals surface area contributed by atoms with Crippen molar-refractivity contribution < 1.29 is 9.47 Å². The zero-order valence-electron chi connectivity index (χ0n) is 12.1. The average molecular weight is 328 g/mol. The molecule has 21 heavy (non-hydrogen) atoms. The Balaban J connectivity index is 1.52. The van der Waals surface area contributed by atoms with Crippen LogP contribution in [-0.4, -0.2) is 37.2 Å². The highest BCUT2D eigenvalue weighted by atomic mass is 35.5. The maximum atomic E-state index is 6.43. The third-order valence-corrected chi connectivity index (χ3v) is 5.87. The molecule has 1 aromatic rings. The minimum Gasteiger partial charge on any atom is -0.378 e. The van der Waals surface area contributed by atoms with Crippen LogP contribution in [-0.2, 0) is 9.47 Å². The SMILES string of the molecule is NC(CSc1ccc(Cl)cc1)C1CCOC2(CCOC2)C1. The van der Waals surface area contributed by atoms with Crippen LogP contribution in [0.1, 0.15) is 19.3 Å². The Kier molecular flexibility index (Phi) is 5.12. The molecule has 0 radical (unpaired) electrons. The second kappa shape index (κ2) is 6.88. The molecule has 3 atom stereocenters. The van der Waals surface area contributed by atoms with Crippen molar-refractivity contribution >= 4 is 23.4 Å². The van der Waals surface area contributed by atoms with Crippen molar-refractivity contribution in [2.24, 2.45) is 11.7 Å². The maximum absolute atomic E-state index is 6.43. The Morgan fingerprint density at radius 1 is 1.33 bits per heavy atom. The molecule has 1 spiro atoms. The van der Waals surface area contributed by atoms with Crippen molar-refractivity contribution in [2.75, 3.05) is 25.6 Å². The van der Waals surface area contributed by atoms with Crippen molar-refractivity contribution in [1.82, 2.24) is 0 Å². The number of halogens is 1. The van der Waals surface area contributed by atoms with Crippen LogP contribution in [0.2, 0.25) is 5.02 Å². The van der Waals surface area contributed by atoms with Gasteiger partial charge in [-0.1, -0.05) is 11.6 Å². The third-order valence-electron chi connectivity index (χ3n) is 4.46. The van der Waals surface area contributed by atoms with Crippen LogP contribution in [0.5, 0.6) is 0 Å². The number of thioether (sulfide) groups is 1. The van der Waals surface area contributed by atoms with E-state index in [0.717, 1.165) is 49.9 Å². The lowest BCUT2D eigenvalue weighted by Gasteiger charge is -2.39. The van der Waals surface area contributed by atoms with Gasteiger partial charge in [-0.2, -0.15) is 0 Å². The molecule has 2 aliphatic heterocycles. The van der Waals surface area contributed by atoms with Crippen molar-refractivity contribution in [3.63, 3.8) is 0 Å². The molecule has 2 heterocycles. The van der Waals surface area contributed by atoms with E-state index in [-0.39, 0.29) is 11.6 Å². The Morgan fingerprint density at radius 2 is 2.14 bits per heavy atom. The summed E-state index contributed by atoms with van der Waals surface area (Å²) in [5, 5.41) is 0.774. The molecule has 3 nitrogen and oxygen atoms in total. The minimum atomic E-state index is -0.0501. The number of hydrogen-bond acceptors (Lipinski definition) is 4. The monoisotopic (exact) mass is 327 g/mol. The van der Waals surface area contributed by atoms with Crippen LogP contribution in [0.25, 0.3) is 0 Å². The van der Waals surface area contributed by atoms with Crippen molar-refractivity contribution in [2.45, 2.75) is 35.8 Å². The van der Waals surface area contributed by atoms with Gasteiger partial charge in [-0.25, -0.2) is 0 Å². The molecule has 1 aromatic carbocycles. The standard InChI is InChI=1S/C16H22ClNO2S/c17-13-1-3-14(4-2-13)21-10-15(18)12-5-7-20-16(9-12)6-8-19-11-16/h1-4,12,15H,5-11,18H2. The van der Waals surface area contributed by atoms with E-state index < -0.39 is 0 Å². The lowest BCUT2D eigenvalue weighted by atomic mass is 9.82. The zero-order chi connectivity index (χ0) is 14.7. The van der Waals surface area contributed by atoms with E-state index in [9.17, 15) is 0 Å². The molecule has 0 aromatic heterocycles. The molecule has 0 saturated carbocycles. The highest BCUT2D eigenvalue weighted by molar-refractivity contribution is 7.99. The van der Waals surface area contributed by atoms with Gasteiger partial charge >= 0.3 is 0 Å². The largest absolute Gasteiger partial charge is 0.378 e. The van der Waals surface area contributed by atoms with E-state index in [1.165, 1.54) is 4.90 Å². The maximum Gasteiger partial charge on any atom is 0.0939 e. The summed E-state index contributed by atoms with van der Waals surface area (Å²) in [6, 6.07) is 8.15. The first kappa shape index (κ1) is 15.6. The molecule has 0 amide bonds. The summed E-state index contributed by atoms with van der Waals surface area (Å²) in [4.78, 5) is 1.22. The molecular weight excluding hydrogens is 306 g/mol. The van der Waals surface area contributed by atoms with Crippen LogP contribution >= 0.6 is 23.4 Å². The van der Waals surface area contributed by atoms with Crippen LogP contribution in [0, 0.1) is 5.92 Å². The summed E-state index contributed by atoms with van der Waals surface area (Å²) in [7, 11) is 0. The lowest BCUT2D eigenvalue weighted by molar-refractivity contribution is -0.100. The fourth-order valence-electron chi connectivity index (χ4n) is 3.15. The summed E-state index contributed by atoms with van der Waals surface area (Å²) < 4.78 is 11.5. The summed E-state index contributed by atoms with van der Waals surface area (Å²) in [5.41, 5.74) is 6.38. The van der Waals surface area contributed by atoms with E-state index in [1.807, 2.05) is 12.1 Å². The van der Waals surface area contributed by atoms with E-state index in [0.29, 0.717) is 5.92 Å². The van der Waals surface area contributed by atoms with Crippen molar-refractivity contribution in [1.29, 1.82) is 0 Å². The number of rotatable bonds is 4. The molecule has 3 rings (SSSR count). The molecule has 0 bridgehead atoms. The normalized spacial score (nSPS) is 30.7. The minimum absolute atomic E-state index is 0.0501. The Labute approximate surface area is 135 Å². The van der Waals surface area contributed by atoms with Crippen molar-refractivity contribution in [3.8, 4) is 0 Å². The van der Waals surface area contributed by atoms with E-state index >= 15 is 0 Å². The first-order chi connectivity index (χ1) is 10.2. The predicted octanol–water partition coefficient (Wildman–Crippen LogP) is 3.35. The van der Waals surface area contributed by atoms with Gasteiger partial charge in [0.2, 0.25) is 0 Å². The molecule has 2 aliphatic rings. The fourth-order valence-corrected chi connectivity index (χ4v) is 4.27. The molecule has 2 fully saturated rings. The smallest absolute Gasteiger partial charge is 0.0939 e. The zero-order valence-corrected chi connectivity index (χ0v) is 13.7. The Morgan fingerprint density at radius 3 is 2.86 bits per heavy atom. The quantitative estimate of drug-likeness (QED) is 0.861. The molecule has 0 aliphatic carbocycles. The highest BCUT2D eigenvalue weighted by Gasteiger charge is 2.42. The van der Waals surface area contributed by atoms with Gasteiger partial charge in [0.15, 0.2) is 0 Å². The topological polar surface area (TPSA) is 44.5 Å². The second-order valence-corrected chi connectivity index (χ2v) is 7.55. The van der Waals surface area contributed by atoms with E-state index in [1.54, 1.807) is 11.8 Å². The molecule has 2 saturated heterocycles. The van der Waals surface area contributed by atoms with Crippen LogP contribution in [0.15, 0.2) is 29.2 Å². The lowest BCUT2D eigenvalue weighted by Crippen LogP contribution is -2.46. The Hall–Kier alpha value is -0.260. The van der Waals surface area contributed by atoms with Gasteiger partial charge < -0.3 is 15.2 Å². The fraction of sp³-hybridized carbons (Fsp3) is 0.625. The van der Waals surface area contributed by atoms with Crippen LogP contribution in [0.3, 0.4) is 0 Å². The number of hydrogen-bond donors (Lipinski definition) is 1. The highest BCUT2D eigenvalue weighted by Crippen LogP contribution is 2.37. The predicted molar refractivity (Wildman–Crippen MR) is 87.0 cm³/mol. The van der Waals surface area contributed by atoms with Gasteiger partial charge in [-0.15, -0.1) is 11.8 Å². The first-order valence-corrected chi connectivity index (χ1v) is 8.89. The van der Waals surface area contributed by atoms with E-state index in [4.69, 9.17) is 26.8 Å². The Bertz CT molecular complexity index is 462. The van der Waals surface area contributed by atoms with Gasteiger partial charge in [0, 0.05) is 41.3 Å². The molecule has 5 heteroatoms.